The fourth-order valence-electron chi connectivity index (χ4n) is 1.49. The molecule has 0 heterocycles. The fraction of sp³-hybridized carbons (Fsp3) is 0.462. The SMILES string of the molecule is CCCNC(C#N)c1ccc(N(C)C)cc1. The van der Waals surface area contributed by atoms with E-state index in [9.17, 15) is 0 Å². The van der Waals surface area contributed by atoms with Crippen LogP contribution in [0, 0.1) is 11.3 Å². The molecule has 1 N–H and O–H groups in total. The van der Waals surface area contributed by atoms with E-state index in [0.717, 1.165) is 24.2 Å². The molecule has 0 saturated carbocycles. The molecule has 0 spiro atoms. The molecule has 3 nitrogen and oxygen atoms in total. The van der Waals surface area contributed by atoms with E-state index in [-0.39, 0.29) is 6.04 Å². The molecular weight excluding hydrogens is 198 g/mol. The maximum Gasteiger partial charge on any atom is 0.121 e. The lowest BCUT2D eigenvalue weighted by atomic mass is 10.1. The number of hydrogen-bond donors (Lipinski definition) is 1. The molecular formula is C13H19N3. The lowest BCUT2D eigenvalue weighted by Crippen LogP contribution is -2.20. The molecule has 1 atom stereocenters. The van der Waals surface area contributed by atoms with Crippen LogP contribution in [0.2, 0.25) is 0 Å². The van der Waals surface area contributed by atoms with Gasteiger partial charge in [0.05, 0.1) is 6.07 Å². The monoisotopic (exact) mass is 217 g/mol. The Morgan fingerprint density at radius 1 is 1.31 bits per heavy atom. The first-order valence-corrected chi connectivity index (χ1v) is 5.59. The lowest BCUT2D eigenvalue weighted by Gasteiger charge is -2.15. The third-order valence-electron chi connectivity index (χ3n) is 2.47. The Kier molecular flexibility index (Phi) is 4.81. The summed E-state index contributed by atoms with van der Waals surface area (Å²) in [6.07, 6.45) is 1.04. The van der Waals surface area contributed by atoms with Crippen molar-refractivity contribution >= 4 is 5.69 Å². The Morgan fingerprint density at radius 2 is 1.94 bits per heavy atom. The van der Waals surface area contributed by atoms with E-state index < -0.39 is 0 Å². The predicted octanol–water partition coefficient (Wildman–Crippen LogP) is 2.32. The summed E-state index contributed by atoms with van der Waals surface area (Å²) >= 11 is 0. The Bertz CT molecular complexity index is 348. The van der Waals surface area contributed by atoms with Crippen LogP contribution in [0.1, 0.15) is 24.9 Å². The zero-order valence-electron chi connectivity index (χ0n) is 10.2. The van der Waals surface area contributed by atoms with E-state index >= 15 is 0 Å². The van der Waals surface area contributed by atoms with Gasteiger partial charge >= 0.3 is 0 Å². The first-order chi connectivity index (χ1) is 7.69. The van der Waals surface area contributed by atoms with Crippen LogP contribution in [0.4, 0.5) is 5.69 Å². The largest absolute Gasteiger partial charge is 0.378 e. The van der Waals surface area contributed by atoms with Crippen molar-refractivity contribution in [1.82, 2.24) is 5.32 Å². The molecule has 1 rings (SSSR count). The number of nitrogens with one attached hydrogen (secondary N) is 1. The zero-order valence-corrected chi connectivity index (χ0v) is 10.2. The van der Waals surface area contributed by atoms with Crippen LogP contribution in [0.5, 0.6) is 0 Å². The Morgan fingerprint density at radius 3 is 2.38 bits per heavy atom. The summed E-state index contributed by atoms with van der Waals surface area (Å²) in [5.41, 5.74) is 2.18. The number of nitriles is 1. The molecule has 16 heavy (non-hydrogen) atoms. The van der Waals surface area contributed by atoms with Crippen molar-refractivity contribution in [1.29, 1.82) is 5.26 Å². The van der Waals surface area contributed by atoms with E-state index in [2.05, 4.69) is 18.3 Å². The summed E-state index contributed by atoms with van der Waals surface area (Å²) in [6, 6.07) is 10.2. The van der Waals surface area contributed by atoms with E-state index in [1.807, 2.05) is 43.3 Å². The Balaban J connectivity index is 2.75. The van der Waals surface area contributed by atoms with Crippen LogP contribution in [0.15, 0.2) is 24.3 Å². The molecule has 0 aliphatic heterocycles. The summed E-state index contributed by atoms with van der Waals surface area (Å²) < 4.78 is 0. The van der Waals surface area contributed by atoms with Crippen molar-refractivity contribution in [3.8, 4) is 6.07 Å². The molecule has 0 fully saturated rings. The summed E-state index contributed by atoms with van der Waals surface area (Å²) in [5, 5.41) is 12.3. The minimum absolute atomic E-state index is 0.198. The van der Waals surface area contributed by atoms with Crippen molar-refractivity contribution in [2.45, 2.75) is 19.4 Å². The average molecular weight is 217 g/mol. The topological polar surface area (TPSA) is 39.1 Å². The Hall–Kier alpha value is -1.53. The van der Waals surface area contributed by atoms with Crippen molar-refractivity contribution in [2.24, 2.45) is 0 Å². The molecule has 0 saturated heterocycles. The lowest BCUT2D eigenvalue weighted by molar-refractivity contribution is 0.621. The molecule has 1 aromatic rings. The third kappa shape index (κ3) is 3.25. The molecule has 0 amide bonds. The van der Waals surface area contributed by atoms with Gasteiger partial charge in [0.25, 0.3) is 0 Å². The molecule has 0 aromatic heterocycles. The molecule has 0 aliphatic rings. The maximum atomic E-state index is 9.06. The number of nitrogens with zero attached hydrogens (tertiary/aromatic N) is 2. The summed E-state index contributed by atoms with van der Waals surface area (Å²) in [6.45, 7) is 2.96. The van der Waals surface area contributed by atoms with Gasteiger partial charge in [0.1, 0.15) is 6.04 Å². The van der Waals surface area contributed by atoms with Gasteiger partial charge in [-0.05, 0) is 30.7 Å². The van der Waals surface area contributed by atoms with Crippen LogP contribution in [-0.2, 0) is 0 Å². The van der Waals surface area contributed by atoms with Crippen LogP contribution in [-0.4, -0.2) is 20.6 Å². The summed E-state index contributed by atoms with van der Waals surface area (Å²) in [7, 11) is 4.01. The first-order valence-electron chi connectivity index (χ1n) is 5.59. The van der Waals surface area contributed by atoms with Crippen molar-refractivity contribution in [3.63, 3.8) is 0 Å². The van der Waals surface area contributed by atoms with E-state index in [1.165, 1.54) is 0 Å². The van der Waals surface area contributed by atoms with Gasteiger partial charge in [-0.1, -0.05) is 19.1 Å². The highest BCUT2D eigenvalue weighted by Crippen LogP contribution is 2.17. The number of anilines is 1. The van der Waals surface area contributed by atoms with Crippen LogP contribution < -0.4 is 10.2 Å². The van der Waals surface area contributed by atoms with E-state index in [0.29, 0.717) is 0 Å². The second kappa shape index (κ2) is 6.14. The smallest absolute Gasteiger partial charge is 0.121 e. The molecule has 0 radical (unpaired) electrons. The van der Waals surface area contributed by atoms with Gasteiger partial charge in [0, 0.05) is 19.8 Å². The van der Waals surface area contributed by atoms with E-state index in [1.54, 1.807) is 0 Å². The first kappa shape index (κ1) is 12.5. The number of hydrogen-bond acceptors (Lipinski definition) is 3. The number of benzene rings is 1. The van der Waals surface area contributed by atoms with Crippen LogP contribution >= 0.6 is 0 Å². The normalized spacial score (nSPS) is 11.9. The minimum Gasteiger partial charge on any atom is -0.378 e. The highest BCUT2D eigenvalue weighted by atomic mass is 15.1. The summed E-state index contributed by atoms with van der Waals surface area (Å²) in [5.74, 6) is 0. The summed E-state index contributed by atoms with van der Waals surface area (Å²) in [4.78, 5) is 2.05. The second-order valence-corrected chi connectivity index (χ2v) is 4.00. The third-order valence-corrected chi connectivity index (χ3v) is 2.47. The van der Waals surface area contributed by atoms with Gasteiger partial charge in [0.2, 0.25) is 0 Å². The highest BCUT2D eigenvalue weighted by molar-refractivity contribution is 5.47. The maximum absolute atomic E-state index is 9.06. The van der Waals surface area contributed by atoms with Crippen molar-refractivity contribution in [3.05, 3.63) is 29.8 Å². The molecule has 1 aromatic carbocycles. The van der Waals surface area contributed by atoms with Gasteiger partial charge in [-0.15, -0.1) is 0 Å². The number of rotatable bonds is 5. The van der Waals surface area contributed by atoms with Crippen LogP contribution in [0.25, 0.3) is 0 Å². The van der Waals surface area contributed by atoms with Gasteiger partial charge in [-0.25, -0.2) is 0 Å². The van der Waals surface area contributed by atoms with Gasteiger partial charge in [-0.3, -0.25) is 5.32 Å². The van der Waals surface area contributed by atoms with Gasteiger partial charge in [0.15, 0.2) is 0 Å². The van der Waals surface area contributed by atoms with Gasteiger partial charge < -0.3 is 4.90 Å². The second-order valence-electron chi connectivity index (χ2n) is 4.00. The Labute approximate surface area is 97.7 Å². The average Bonchev–Trinajstić information content (AvgIpc) is 2.30. The molecule has 0 bridgehead atoms. The van der Waals surface area contributed by atoms with E-state index in [4.69, 9.17) is 5.26 Å². The standard InChI is InChI=1S/C13H19N3/c1-4-9-15-13(10-14)11-5-7-12(8-6-11)16(2)3/h5-8,13,15H,4,9H2,1-3H3. The molecule has 3 heteroatoms. The predicted molar refractivity (Wildman–Crippen MR) is 67.4 cm³/mol. The van der Waals surface area contributed by atoms with Crippen LogP contribution in [0.3, 0.4) is 0 Å². The zero-order chi connectivity index (χ0) is 12.0. The highest BCUT2D eigenvalue weighted by Gasteiger charge is 2.08. The minimum atomic E-state index is -0.198. The quantitative estimate of drug-likeness (QED) is 0.822. The molecule has 0 aliphatic carbocycles. The molecule has 86 valence electrons. The fourth-order valence-corrected chi connectivity index (χ4v) is 1.49. The van der Waals surface area contributed by atoms with Gasteiger partial charge in [-0.2, -0.15) is 5.26 Å². The van der Waals surface area contributed by atoms with Crippen molar-refractivity contribution in [2.75, 3.05) is 25.5 Å². The van der Waals surface area contributed by atoms with Crippen molar-refractivity contribution < 1.29 is 0 Å². The molecule has 1 unspecified atom stereocenters.